The Hall–Kier alpha value is -2.05. The third-order valence-electron chi connectivity index (χ3n) is 2.46. The molecule has 0 spiro atoms. The van der Waals surface area contributed by atoms with Gasteiger partial charge in [0.2, 0.25) is 0 Å². The zero-order valence-electron chi connectivity index (χ0n) is 10.9. The Morgan fingerprint density at radius 3 is 2.50 bits per heavy atom. The van der Waals surface area contributed by atoms with Gasteiger partial charge in [0.15, 0.2) is 5.69 Å². The average Bonchev–Trinajstić information content (AvgIpc) is 2.67. The van der Waals surface area contributed by atoms with E-state index in [1.807, 2.05) is 0 Å². The van der Waals surface area contributed by atoms with Gasteiger partial charge in [-0.1, -0.05) is 0 Å². The molecule has 0 saturated carbocycles. The molecule has 1 aromatic heterocycles. The molecule has 7 heteroatoms. The summed E-state index contributed by atoms with van der Waals surface area (Å²) in [6.45, 7) is 3.68. The van der Waals surface area contributed by atoms with E-state index in [1.165, 1.54) is 25.1 Å². The lowest BCUT2D eigenvalue weighted by Crippen LogP contribution is -2.31. The van der Waals surface area contributed by atoms with Crippen molar-refractivity contribution in [3.05, 3.63) is 11.9 Å². The number of nitrogen functional groups attached to an aromatic ring is 1. The quantitative estimate of drug-likeness (QED) is 0.785. The van der Waals surface area contributed by atoms with Crippen LogP contribution in [0.15, 0.2) is 6.20 Å². The molecule has 1 rings (SSSR count). The molecular weight excluding hydrogens is 238 g/mol. The van der Waals surface area contributed by atoms with Crippen LogP contribution in [0.4, 0.5) is 5.69 Å². The van der Waals surface area contributed by atoms with Gasteiger partial charge in [-0.25, -0.2) is 4.79 Å². The average molecular weight is 255 g/mol. The van der Waals surface area contributed by atoms with Gasteiger partial charge in [-0.3, -0.25) is 9.48 Å². The summed E-state index contributed by atoms with van der Waals surface area (Å²) in [5.41, 5.74) is 5.13. The fraction of sp³-hybridized carbons (Fsp3) is 0.545. The number of anilines is 1. The molecule has 0 aliphatic rings. The van der Waals surface area contributed by atoms with Crippen LogP contribution in [-0.2, 0) is 20.8 Å². The summed E-state index contributed by atoms with van der Waals surface area (Å²) in [6, 6.07) is 0. The summed E-state index contributed by atoms with van der Waals surface area (Å²) in [5, 5.41) is 3.99. The van der Waals surface area contributed by atoms with E-state index in [0.717, 1.165) is 0 Å². The first-order valence-electron chi connectivity index (χ1n) is 5.31. The number of hydrogen-bond donors (Lipinski definition) is 1. The molecule has 18 heavy (non-hydrogen) atoms. The van der Waals surface area contributed by atoms with Crippen molar-refractivity contribution in [3.63, 3.8) is 0 Å². The minimum absolute atomic E-state index is 0.0400. The minimum atomic E-state index is -0.763. The van der Waals surface area contributed by atoms with E-state index in [4.69, 9.17) is 5.73 Å². The van der Waals surface area contributed by atoms with E-state index in [-0.39, 0.29) is 23.9 Å². The number of ether oxygens (including phenoxy) is 2. The lowest BCUT2D eigenvalue weighted by molar-refractivity contribution is -0.151. The smallest absolute Gasteiger partial charge is 0.360 e. The highest BCUT2D eigenvalue weighted by atomic mass is 16.5. The Balaban J connectivity index is 2.93. The van der Waals surface area contributed by atoms with Crippen molar-refractivity contribution in [2.45, 2.75) is 20.4 Å². The molecule has 0 atom stereocenters. The molecule has 0 amide bonds. The van der Waals surface area contributed by atoms with Gasteiger partial charge in [0.1, 0.15) is 0 Å². The first-order valence-corrected chi connectivity index (χ1v) is 5.31. The first kappa shape index (κ1) is 14.0. The standard InChI is InChI=1S/C11H17N3O4/c1-11(2,10(16)18-4)6-14-5-7(12)8(13-14)9(15)17-3/h5H,6,12H2,1-4H3. The highest BCUT2D eigenvalue weighted by Gasteiger charge is 2.30. The molecule has 0 fully saturated rings. The van der Waals surface area contributed by atoms with Gasteiger partial charge in [0.05, 0.1) is 31.9 Å². The highest BCUT2D eigenvalue weighted by Crippen LogP contribution is 2.21. The normalized spacial score (nSPS) is 11.1. The van der Waals surface area contributed by atoms with Crippen LogP contribution < -0.4 is 5.73 Å². The molecule has 0 aliphatic carbocycles. The molecular formula is C11H17N3O4. The fourth-order valence-corrected chi connectivity index (χ4v) is 1.52. The lowest BCUT2D eigenvalue weighted by atomic mass is 9.94. The molecule has 0 bridgehead atoms. The number of nitrogens with two attached hydrogens (primary N) is 1. The number of carbonyl (C=O) groups excluding carboxylic acids is 2. The van der Waals surface area contributed by atoms with E-state index in [0.29, 0.717) is 0 Å². The van der Waals surface area contributed by atoms with Crippen LogP contribution in [0.3, 0.4) is 0 Å². The summed E-state index contributed by atoms with van der Waals surface area (Å²) >= 11 is 0. The number of nitrogens with zero attached hydrogens (tertiary/aromatic N) is 2. The summed E-state index contributed by atoms with van der Waals surface area (Å²) in [7, 11) is 2.57. The summed E-state index contributed by atoms with van der Waals surface area (Å²) in [5.74, 6) is -0.974. The van der Waals surface area contributed by atoms with Crippen LogP contribution in [0, 0.1) is 5.41 Å². The number of rotatable bonds is 4. The zero-order valence-corrected chi connectivity index (χ0v) is 10.9. The van der Waals surface area contributed by atoms with Crippen LogP contribution >= 0.6 is 0 Å². The third-order valence-corrected chi connectivity index (χ3v) is 2.46. The Labute approximate surface area is 105 Å². The van der Waals surface area contributed by atoms with Crippen molar-refractivity contribution >= 4 is 17.6 Å². The predicted molar refractivity (Wildman–Crippen MR) is 63.8 cm³/mol. The molecule has 100 valence electrons. The van der Waals surface area contributed by atoms with Crippen molar-refractivity contribution in [2.24, 2.45) is 5.41 Å². The maximum absolute atomic E-state index is 11.5. The van der Waals surface area contributed by atoms with E-state index in [9.17, 15) is 9.59 Å². The summed E-state index contributed by atoms with van der Waals surface area (Å²) in [4.78, 5) is 22.9. The fourth-order valence-electron chi connectivity index (χ4n) is 1.52. The number of carbonyl (C=O) groups is 2. The first-order chi connectivity index (χ1) is 8.31. The lowest BCUT2D eigenvalue weighted by Gasteiger charge is -2.20. The van der Waals surface area contributed by atoms with Crippen molar-refractivity contribution in [2.75, 3.05) is 20.0 Å². The molecule has 1 aromatic rings. The SMILES string of the molecule is COC(=O)c1nn(CC(C)(C)C(=O)OC)cc1N. The number of hydrogen-bond acceptors (Lipinski definition) is 6. The van der Waals surface area contributed by atoms with Crippen LogP contribution in [0.1, 0.15) is 24.3 Å². The maximum Gasteiger partial charge on any atom is 0.360 e. The van der Waals surface area contributed by atoms with Gasteiger partial charge in [-0.2, -0.15) is 5.10 Å². The number of methoxy groups -OCH3 is 2. The van der Waals surface area contributed by atoms with Gasteiger partial charge in [0.25, 0.3) is 0 Å². The van der Waals surface area contributed by atoms with Gasteiger partial charge < -0.3 is 15.2 Å². The van der Waals surface area contributed by atoms with Crippen molar-refractivity contribution in [1.82, 2.24) is 9.78 Å². The highest BCUT2D eigenvalue weighted by molar-refractivity contribution is 5.92. The molecule has 0 saturated heterocycles. The van der Waals surface area contributed by atoms with Crippen molar-refractivity contribution in [3.8, 4) is 0 Å². The van der Waals surface area contributed by atoms with E-state index in [2.05, 4.69) is 14.6 Å². The molecule has 0 aliphatic heterocycles. The topological polar surface area (TPSA) is 96.4 Å². The third kappa shape index (κ3) is 2.79. The van der Waals surface area contributed by atoms with Crippen LogP contribution in [0.2, 0.25) is 0 Å². The molecule has 0 aromatic carbocycles. The Morgan fingerprint density at radius 2 is 2.00 bits per heavy atom. The second-order valence-corrected chi connectivity index (χ2v) is 4.50. The van der Waals surface area contributed by atoms with Crippen LogP contribution in [0.5, 0.6) is 0 Å². The maximum atomic E-state index is 11.5. The van der Waals surface area contributed by atoms with Gasteiger partial charge in [0, 0.05) is 6.20 Å². The molecule has 1 heterocycles. The van der Waals surface area contributed by atoms with Crippen LogP contribution in [-0.4, -0.2) is 35.9 Å². The number of aromatic nitrogens is 2. The molecule has 7 nitrogen and oxygen atoms in total. The summed E-state index contributed by atoms with van der Waals surface area (Å²) < 4.78 is 10.7. The minimum Gasteiger partial charge on any atom is -0.469 e. The Morgan fingerprint density at radius 1 is 1.39 bits per heavy atom. The molecule has 2 N–H and O–H groups in total. The largest absolute Gasteiger partial charge is 0.469 e. The van der Waals surface area contributed by atoms with Crippen molar-refractivity contribution < 1.29 is 19.1 Å². The second-order valence-electron chi connectivity index (χ2n) is 4.50. The van der Waals surface area contributed by atoms with Crippen molar-refractivity contribution in [1.29, 1.82) is 0 Å². The Kier molecular flexibility index (Phi) is 3.95. The van der Waals surface area contributed by atoms with Gasteiger partial charge in [-0.15, -0.1) is 0 Å². The summed E-state index contributed by atoms with van der Waals surface area (Å²) in [6.07, 6.45) is 1.48. The second kappa shape index (κ2) is 5.07. The predicted octanol–water partition coefficient (Wildman–Crippen LogP) is 0.451. The monoisotopic (exact) mass is 255 g/mol. The molecule has 0 unspecified atom stereocenters. The number of esters is 2. The zero-order chi connectivity index (χ0) is 13.9. The molecule has 0 radical (unpaired) electrons. The van der Waals surface area contributed by atoms with E-state index in [1.54, 1.807) is 13.8 Å². The Bertz CT molecular complexity index is 465. The van der Waals surface area contributed by atoms with Gasteiger partial charge in [-0.05, 0) is 13.8 Å². The van der Waals surface area contributed by atoms with E-state index >= 15 is 0 Å². The van der Waals surface area contributed by atoms with E-state index < -0.39 is 11.4 Å². The van der Waals surface area contributed by atoms with Gasteiger partial charge >= 0.3 is 11.9 Å². The van der Waals surface area contributed by atoms with Crippen LogP contribution in [0.25, 0.3) is 0 Å².